The van der Waals surface area contributed by atoms with Gasteiger partial charge in [-0.15, -0.1) is 0 Å². The summed E-state index contributed by atoms with van der Waals surface area (Å²) in [7, 11) is 3.98. The topological polar surface area (TPSA) is 120 Å². The maximum Gasteiger partial charge on any atom is 0.305 e. The van der Waals surface area contributed by atoms with Gasteiger partial charge in [-0.05, 0) is 174 Å². The number of aliphatic hydroxyl groups excluding tert-OH is 4. The van der Waals surface area contributed by atoms with Gasteiger partial charge in [0.25, 0.3) is 0 Å². The van der Waals surface area contributed by atoms with Gasteiger partial charge >= 0.3 is 5.97 Å². The smallest absolute Gasteiger partial charge is 0.305 e. The van der Waals surface area contributed by atoms with Crippen molar-refractivity contribution in [3.63, 3.8) is 0 Å². The lowest BCUT2D eigenvalue weighted by Gasteiger charge is -2.34. The number of nitrogens with zero attached hydrogens (tertiary/aromatic N) is 4. The molecule has 1 aliphatic heterocycles. The van der Waals surface area contributed by atoms with Crippen LogP contribution in [-0.4, -0.2) is 167 Å². The second-order valence-corrected chi connectivity index (χ2v) is 32.6. The third kappa shape index (κ3) is 70.6. The van der Waals surface area contributed by atoms with Crippen molar-refractivity contribution in [3.8, 4) is 0 Å². The summed E-state index contributed by atoms with van der Waals surface area (Å²) < 4.78 is 5.78. The first-order chi connectivity index (χ1) is 49.2. The number of hydrogen-bond donors (Lipinski definition) is 4. The summed E-state index contributed by atoms with van der Waals surface area (Å²) >= 11 is 0. The lowest BCUT2D eigenvalue weighted by atomic mass is 10.1. The number of unbranched alkanes of at least 4 members (excludes halogenated alkanes) is 35. The van der Waals surface area contributed by atoms with E-state index in [1.165, 1.54) is 218 Å². The Morgan fingerprint density at radius 2 is 0.620 bits per heavy atom. The van der Waals surface area contributed by atoms with Crippen molar-refractivity contribution in [2.45, 2.75) is 386 Å². The fourth-order valence-electron chi connectivity index (χ4n) is 13.5. The molecule has 12 heteroatoms. The van der Waals surface area contributed by atoms with E-state index in [1.54, 1.807) is 0 Å². The van der Waals surface area contributed by atoms with E-state index in [1.807, 2.05) is 21.6 Å². The normalized spacial score (nSPS) is 15.0. The van der Waals surface area contributed by atoms with Gasteiger partial charge < -0.3 is 25.2 Å². The SMILES string of the molecule is CCCCC/C=C\C/C=C\CCCCCC[C@@H](O)CN(CCCC(=O)OCCN1CCN(CCSSCCCCN(C[C@@H](O)CCCCCC/C=C\CCCCCCCC)C[C@@H](O)CCCCCC/C=C\CCCCCCCC)CC1)C[C@H](O)CCCCCC/C=C\C/C=C\CCCCC. The molecule has 0 aromatic rings. The van der Waals surface area contributed by atoms with Crippen LogP contribution in [0.15, 0.2) is 72.9 Å². The van der Waals surface area contributed by atoms with Gasteiger partial charge in [-0.1, -0.05) is 289 Å². The van der Waals surface area contributed by atoms with Crippen molar-refractivity contribution in [1.29, 1.82) is 0 Å². The summed E-state index contributed by atoms with van der Waals surface area (Å²) in [5.41, 5.74) is 0. The minimum Gasteiger partial charge on any atom is -0.464 e. The molecule has 0 radical (unpaired) electrons. The van der Waals surface area contributed by atoms with Crippen LogP contribution in [0.3, 0.4) is 0 Å². The van der Waals surface area contributed by atoms with Crippen LogP contribution in [-0.2, 0) is 9.53 Å². The molecule has 1 aliphatic rings. The van der Waals surface area contributed by atoms with Crippen LogP contribution in [0, 0.1) is 0 Å². The van der Waals surface area contributed by atoms with Crippen molar-refractivity contribution in [1.82, 2.24) is 19.6 Å². The highest BCUT2D eigenvalue weighted by molar-refractivity contribution is 8.76. The van der Waals surface area contributed by atoms with Crippen molar-refractivity contribution in [2.24, 2.45) is 0 Å². The molecule has 0 bridgehead atoms. The molecule has 1 heterocycles. The van der Waals surface area contributed by atoms with Gasteiger partial charge in [0.2, 0.25) is 0 Å². The summed E-state index contributed by atoms with van der Waals surface area (Å²) in [4.78, 5) is 22.6. The number of aliphatic hydroxyl groups is 4. The molecule has 4 N–H and O–H groups in total. The minimum atomic E-state index is -0.442. The van der Waals surface area contributed by atoms with Crippen LogP contribution in [0.4, 0.5) is 0 Å². The summed E-state index contributed by atoms with van der Waals surface area (Å²) in [5, 5.41) is 44.8. The highest BCUT2D eigenvalue weighted by Gasteiger charge is 2.20. The van der Waals surface area contributed by atoms with Crippen molar-refractivity contribution < 1.29 is 30.0 Å². The lowest BCUT2D eigenvalue weighted by molar-refractivity contribution is -0.144. The molecule has 586 valence electrons. The fourth-order valence-corrected chi connectivity index (χ4v) is 15.6. The standard InChI is InChI=1S/C88H166N4O6S2/c1-5-9-13-17-21-25-29-33-37-41-45-49-53-57-64-84(93)80-91(81-85(94)65-58-54-50-46-42-38-34-30-26-22-18-14-10-6-2)69-61-62-78-99-100-79-76-90-73-71-89(72-74-90)75-77-98-88(97)68-63-70-92(82-86(95)66-59-55-51-47-43-39-35-31-27-23-19-15-11-7-3)83-87(96)67-60-56-52-48-44-40-36-32-28-24-20-16-12-8-4/h23-24,27-28,33-40,84-87,93-96H,5-22,25-26,29-32,41-83H2,1-4H3/b27-23-,28-24-,37-33-,38-34-,39-35-,40-36-/t84-,85-,86+,87+/m0/s1. The van der Waals surface area contributed by atoms with Gasteiger partial charge in [0, 0.05) is 83.4 Å². The highest BCUT2D eigenvalue weighted by Crippen LogP contribution is 2.24. The van der Waals surface area contributed by atoms with Crippen LogP contribution in [0.25, 0.3) is 0 Å². The van der Waals surface area contributed by atoms with Gasteiger partial charge in [0.15, 0.2) is 0 Å². The molecule has 0 aromatic carbocycles. The van der Waals surface area contributed by atoms with Crippen molar-refractivity contribution in [3.05, 3.63) is 72.9 Å². The quantitative estimate of drug-likeness (QED) is 0.0201. The first-order valence-electron chi connectivity index (χ1n) is 43.1. The molecular weight excluding hydrogens is 1270 g/mol. The first-order valence-corrected chi connectivity index (χ1v) is 45.6. The molecule has 4 atom stereocenters. The molecule has 1 fully saturated rings. The fraction of sp³-hybridized carbons (Fsp3) is 0.852. The van der Waals surface area contributed by atoms with E-state index in [0.717, 1.165) is 160 Å². The Hall–Kier alpha value is -1.71. The van der Waals surface area contributed by atoms with E-state index in [4.69, 9.17) is 4.74 Å². The number of ether oxygens (including phenoxy) is 1. The van der Waals surface area contributed by atoms with E-state index in [9.17, 15) is 25.2 Å². The number of allylic oxidation sites excluding steroid dienone is 12. The van der Waals surface area contributed by atoms with Crippen LogP contribution >= 0.6 is 21.6 Å². The predicted octanol–water partition coefficient (Wildman–Crippen LogP) is 23.3. The zero-order chi connectivity index (χ0) is 72.2. The number of carbonyl (C=O) groups is 1. The Balaban J connectivity index is 2.46. The van der Waals surface area contributed by atoms with E-state index in [2.05, 4.69) is 120 Å². The largest absolute Gasteiger partial charge is 0.464 e. The average Bonchev–Trinajstić information content (AvgIpc) is 1.06. The predicted molar refractivity (Wildman–Crippen MR) is 443 cm³/mol. The number of carbonyl (C=O) groups excluding carboxylic acids is 1. The Morgan fingerprint density at radius 1 is 0.340 bits per heavy atom. The number of piperazine rings is 1. The molecule has 0 amide bonds. The van der Waals surface area contributed by atoms with Crippen molar-refractivity contribution >= 4 is 27.6 Å². The van der Waals surface area contributed by atoms with E-state index in [0.29, 0.717) is 52.2 Å². The second-order valence-electron chi connectivity index (χ2n) is 29.9. The van der Waals surface area contributed by atoms with Gasteiger partial charge in [0.05, 0.1) is 24.4 Å². The summed E-state index contributed by atoms with van der Waals surface area (Å²) in [6.45, 7) is 19.4. The van der Waals surface area contributed by atoms with E-state index in [-0.39, 0.29) is 18.2 Å². The summed E-state index contributed by atoms with van der Waals surface area (Å²) in [6.07, 6.45) is 87.0. The van der Waals surface area contributed by atoms with Gasteiger partial charge in [-0.25, -0.2) is 0 Å². The summed E-state index contributed by atoms with van der Waals surface area (Å²) in [5.74, 6) is 2.08. The minimum absolute atomic E-state index is 0.153. The highest BCUT2D eigenvalue weighted by atomic mass is 33.1. The Bertz CT molecular complexity index is 1760. The second kappa shape index (κ2) is 78.4. The number of esters is 1. The van der Waals surface area contributed by atoms with Gasteiger partial charge in [0.1, 0.15) is 6.61 Å². The van der Waals surface area contributed by atoms with Crippen LogP contribution < -0.4 is 0 Å². The van der Waals surface area contributed by atoms with E-state index < -0.39 is 12.2 Å². The molecule has 0 saturated carbocycles. The Kier molecular flexibility index (Phi) is 75.5. The third-order valence-corrected chi connectivity index (χ3v) is 22.4. The molecule has 1 rings (SSSR count). The molecule has 0 unspecified atom stereocenters. The lowest BCUT2D eigenvalue weighted by Crippen LogP contribution is -2.47. The van der Waals surface area contributed by atoms with Crippen LogP contribution in [0.1, 0.15) is 362 Å². The van der Waals surface area contributed by atoms with Gasteiger partial charge in [-0.2, -0.15) is 0 Å². The molecule has 10 nitrogen and oxygen atoms in total. The summed E-state index contributed by atoms with van der Waals surface area (Å²) in [6, 6.07) is 0. The average molecular weight is 1440 g/mol. The molecular formula is C88H166N4O6S2. The monoisotopic (exact) mass is 1440 g/mol. The maximum absolute atomic E-state index is 13.0. The van der Waals surface area contributed by atoms with Crippen LogP contribution in [0.2, 0.25) is 0 Å². The molecule has 0 aromatic heterocycles. The van der Waals surface area contributed by atoms with E-state index >= 15 is 0 Å². The molecule has 1 saturated heterocycles. The maximum atomic E-state index is 13.0. The molecule has 0 spiro atoms. The van der Waals surface area contributed by atoms with Crippen molar-refractivity contribution in [2.75, 3.05) is 96.6 Å². The Morgan fingerprint density at radius 3 is 0.980 bits per heavy atom. The first kappa shape index (κ1) is 96.3. The molecule has 0 aliphatic carbocycles. The van der Waals surface area contributed by atoms with Crippen LogP contribution in [0.5, 0.6) is 0 Å². The zero-order valence-electron chi connectivity index (χ0n) is 66.3. The van der Waals surface area contributed by atoms with Gasteiger partial charge in [-0.3, -0.25) is 24.4 Å². The number of rotatable bonds is 78. The number of hydrogen-bond acceptors (Lipinski definition) is 12. The Labute approximate surface area is 628 Å². The molecule has 100 heavy (non-hydrogen) atoms. The zero-order valence-corrected chi connectivity index (χ0v) is 68.0. The third-order valence-electron chi connectivity index (χ3n) is 20.0.